The highest BCUT2D eigenvalue weighted by Crippen LogP contribution is 2.29. The first-order valence-corrected chi connectivity index (χ1v) is 9.07. The van der Waals surface area contributed by atoms with Crippen LogP contribution in [0.5, 0.6) is 17.2 Å². The molecule has 3 rings (SSSR count). The number of benzene rings is 3. The molecule has 3 aromatic rings. The molecular weight excluding hydrogens is 388 g/mol. The molecule has 0 aliphatic carbocycles. The van der Waals surface area contributed by atoms with Gasteiger partial charge in [-0.15, -0.1) is 0 Å². The molecule has 8 nitrogen and oxygen atoms in total. The lowest BCUT2D eigenvalue weighted by atomic mass is 10.2. The van der Waals surface area contributed by atoms with Crippen molar-refractivity contribution in [2.75, 3.05) is 19.0 Å². The van der Waals surface area contributed by atoms with E-state index in [2.05, 4.69) is 5.32 Å². The van der Waals surface area contributed by atoms with Crippen LogP contribution in [0.15, 0.2) is 72.8 Å². The third-order valence-electron chi connectivity index (χ3n) is 4.11. The Morgan fingerprint density at radius 1 is 0.967 bits per heavy atom. The minimum absolute atomic E-state index is 0.129. The summed E-state index contributed by atoms with van der Waals surface area (Å²) in [6.45, 7) is 0.227. The minimum atomic E-state index is -0.537. The topological polar surface area (TPSA) is 99.9 Å². The molecule has 0 bridgehead atoms. The zero-order valence-electron chi connectivity index (χ0n) is 16.2. The molecule has 154 valence electrons. The summed E-state index contributed by atoms with van der Waals surface area (Å²) in [5, 5.41) is 13.4. The molecule has 0 spiro atoms. The highest BCUT2D eigenvalue weighted by Gasteiger charge is 2.13. The number of non-ortho nitro benzene ring substituents is 1. The van der Waals surface area contributed by atoms with Gasteiger partial charge in [0, 0.05) is 6.07 Å². The van der Waals surface area contributed by atoms with Gasteiger partial charge in [0.15, 0.2) is 6.61 Å². The van der Waals surface area contributed by atoms with E-state index in [1.165, 1.54) is 25.3 Å². The molecule has 1 amide bonds. The first kappa shape index (κ1) is 20.7. The maximum absolute atomic E-state index is 12.1. The number of carbonyl (C=O) groups excluding carboxylic acids is 1. The van der Waals surface area contributed by atoms with Crippen molar-refractivity contribution >= 4 is 17.3 Å². The predicted octanol–water partition coefficient (Wildman–Crippen LogP) is 4.20. The number of hydrogen-bond donors (Lipinski definition) is 1. The number of ether oxygens (including phenoxy) is 3. The van der Waals surface area contributed by atoms with E-state index in [0.29, 0.717) is 23.8 Å². The summed E-state index contributed by atoms with van der Waals surface area (Å²) in [5.41, 5.74) is 1.26. The van der Waals surface area contributed by atoms with Crippen molar-refractivity contribution in [1.82, 2.24) is 0 Å². The maximum atomic E-state index is 12.1. The first-order chi connectivity index (χ1) is 14.5. The van der Waals surface area contributed by atoms with Crippen LogP contribution in [-0.4, -0.2) is 24.5 Å². The molecule has 0 saturated carbocycles. The highest BCUT2D eigenvalue weighted by molar-refractivity contribution is 5.93. The summed E-state index contributed by atoms with van der Waals surface area (Å²) in [7, 11) is 1.37. The van der Waals surface area contributed by atoms with Gasteiger partial charge in [-0.05, 0) is 35.9 Å². The van der Waals surface area contributed by atoms with Gasteiger partial charge in [0.25, 0.3) is 11.6 Å². The molecule has 8 heteroatoms. The fourth-order valence-electron chi connectivity index (χ4n) is 2.60. The maximum Gasteiger partial charge on any atom is 0.273 e. The van der Waals surface area contributed by atoms with Crippen LogP contribution in [-0.2, 0) is 11.4 Å². The van der Waals surface area contributed by atoms with E-state index in [1.807, 2.05) is 30.3 Å². The van der Waals surface area contributed by atoms with Crippen molar-refractivity contribution < 1.29 is 23.9 Å². The summed E-state index contributed by atoms with van der Waals surface area (Å²) in [4.78, 5) is 22.4. The van der Waals surface area contributed by atoms with Crippen LogP contribution in [0, 0.1) is 10.1 Å². The molecule has 0 aromatic heterocycles. The lowest BCUT2D eigenvalue weighted by molar-refractivity contribution is -0.384. The number of nitro groups is 1. The molecule has 0 unspecified atom stereocenters. The van der Waals surface area contributed by atoms with E-state index < -0.39 is 10.8 Å². The molecule has 0 aliphatic heterocycles. The third-order valence-corrected chi connectivity index (χ3v) is 4.11. The standard InChI is InChI=1S/C22H20N2O6/c1-28-21-13-17(24(26)27)7-12-20(21)23-22(25)15-30-19-10-8-18(9-11-19)29-14-16-5-3-2-4-6-16/h2-13H,14-15H2,1H3,(H,23,25). The number of nitrogens with zero attached hydrogens (tertiary/aromatic N) is 1. The first-order valence-electron chi connectivity index (χ1n) is 9.07. The van der Waals surface area contributed by atoms with Crippen LogP contribution >= 0.6 is 0 Å². The number of amides is 1. The largest absolute Gasteiger partial charge is 0.494 e. The van der Waals surface area contributed by atoms with Gasteiger partial charge in [-0.2, -0.15) is 0 Å². The molecular formula is C22H20N2O6. The van der Waals surface area contributed by atoms with Crippen molar-refractivity contribution in [2.24, 2.45) is 0 Å². The van der Waals surface area contributed by atoms with E-state index in [0.717, 1.165) is 5.56 Å². The van der Waals surface area contributed by atoms with Crippen molar-refractivity contribution in [1.29, 1.82) is 0 Å². The zero-order chi connectivity index (χ0) is 21.3. The molecule has 0 heterocycles. The Balaban J connectivity index is 1.50. The van der Waals surface area contributed by atoms with Crippen molar-refractivity contribution in [3.05, 3.63) is 88.5 Å². The predicted molar refractivity (Wildman–Crippen MR) is 111 cm³/mol. The second kappa shape index (κ2) is 9.92. The third kappa shape index (κ3) is 5.71. The van der Waals surface area contributed by atoms with Crippen LogP contribution in [0.2, 0.25) is 0 Å². The minimum Gasteiger partial charge on any atom is -0.494 e. The summed E-state index contributed by atoms with van der Waals surface area (Å²) < 4.78 is 16.3. The molecule has 0 radical (unpaired) electrons. The number of anilines is 1. The average Bonchev–Trinajstić information content (AvgIpc) is 2.77. The van der Waals surface area contributed by atoms with Gasteiger partial charge in [0.1, 0.15) is 23.9 Å². The number of rotatable bonds is 9. The zero-order valence-corrected chi connectivity index (χ0v) is 16.2. The molecule has 30 heavy (non-hydrogen) atoms. The van der Waals surface area contributed by atoms with E-state index in [-0.39, 0.29) is 18.0 Å². The smallest absolute Gasteiger partial charge is 0.273 e. The summed E-state index contributed by atoms with van der Waals surface area (Å²) in [6.07, 6.45) is 0. The lowest BCUT2D eigenvalue weighted by Gasteiger charge is -2.11. The van der Waals surface area contributed by atoms with Gasteiger partial charge in [-0.25, -0.2) is 0 Å². The molecule has 0 atom stereocenters. The van der Waals surface area contributed by atoms with Gasteiger partial charge in [0.2, 0.25) is 0 Å². The number of nitro benzene ring substituents is 1. The second-order valence-corrected chi connectivity index (χ2v) is 6.22. The summed E-state index contributed by atoms with van der Waals surface area (Å²) >= 11 is 0. The summed E-state index contributed by atoms with van der Waals surface area (Å²) in [5.74, 6) is 0.961. The fourth-order valence-corrected chi connectivity index (χ4v) is 2.60. The monoisotopic (exact) mass is 408 g/mol. The van der Waals surface area contributed by atoms with Crippen molar-refractivity contribution in [3.63, 3.8) is 0 Å². The van der Waals surface area contributed by atoms with Gasteiger partial charge >= 0.3 is 0 Å². The lowest BCUT2D eigenvalue weighted by Crippen LogP contribution is -2.20. The quantitative estimate of drug-likeness (QED) is 0.421. The molecule has 0 fully saturated rings. The molecule has 0 aliphatic rings. The molecule has 3 aromatic carbocycles. The molecule has 1 N–H and O–H groups in total. The number of nitrogens with one attached hydrogen (secondary N) is 1. The van der Waals surface area contributed by atoms with Crippen LogP contribution in [0.3, 0.4) is 0 Å². The van der Waals surface area contributed by atoms with Gasteiger partial charge in [0.05, 0.1) is 23.8 Å². The van der Waals surface area contributed by atoms with Gasteiger partial charge in [-0.1, -0.05) is 30.3 Å². The molecule has 0 saturated heterocycles. The van der Waals surface area contributed by atoms with E-state index in [1.54, 1.807) is 24.3 Å². The van der Waals surface area contributed by atoms with Crippen LogP contribution in [0.1, 0.15) is 5.56 Å². The second-order valence-electron chi connectivity index (χ2n) is 6.22. The Bertz CT molecular complexity index is 1010. The Labute approximate surface area is 173 Å². The normalized spacial score (nSPS) is 10.2. The number of hydrogen-bond acceptors (Lipinski definition) is 6. The number of methoxy groups -OCH3 is 1. The highest BCUT2D eigenvalue weighted by atomic mass is 16.6. The van der Waals surface area contributed by atoms with Gasteiger partial charge < -0.3 is 19.5 Å². The van der Waals surface area contributed by atoms with Crippen LogP contribution in [0.25, 0.3) is 0 Å². The Kier molecular flexibility index (Phi) is 6.83. The van der Waals surface area contributed by atoms with Crippen LogP contribution in [0.4, 0.5) is 11.4 Å². The average molecular weight is 408 g/mol. The fraction of sp³-hybridized carbons (Fsp3) is 0.136. The van der Waals surface area contributed by atoms with E-state index >= 15 is 0 Å². The van der Waals surface area contributed by atoms with Gasteiger partial charge in [-0.3, -0.25) is 14.9 Å². The van der Waals surface area contributed by atoms with E-state index in [9.17, 15) is 14.9 Å². The Morgan fingerprint density at radius 2 is 1.63 bits per heavy atom. The van der Waals surface area contributed by atoms with Crippen molar-refractivity contribution in [3.8, 4) is 17.2 Å². The van der Waals surface area contributed by atoms with E-state index in [4.69, 9.17) is 14.2 Å². The van der Waals surface area contributed by atoms with Crippen molar-refractivity contribution in [2.45, 2.75) is 6.61 Å². The SMILES string of the molecule is COc1cc([N+](=O)[O-])ccc1NC(=O)COc1ccc(OCc2ccccc2)cc1. The Morgan fingerprint density at radius 3 is 2.27 bits per heavy atom. The summed E-state index contributed by atoms with van der Waals surface area (Å²) in [6, 6.07) is 20.7. The number of carbonyl (C=O) groups is 1. The Hall–Kier alpha value is -4.07. The van der Waals surface area contributed by atoms with Crippen LogP contribution < -0.4 is 19.5 Å².